The zero-order valence-electron chi connectivity index (χ0n) is 7.05. The molecule has 0 radical (unpaired) electrons. The third-order valence-corrected chi connectivity index (χ3v) is 3.28. The number of benzene rings is 1. The largest absolute Gasteiger partial charge is 0.302 e. The van der Waals surface area contributed by atoms with Crippen molar-refractivity contribution in [2.45, 2.75) is 9.72 Å². The van der Waals surface area contributed by atoms with Crippen molar-refractivity contribution in [2.24, 2.45) is 5.14 Å². The summed E-state index contributed by atoms with van der Waals surface area (Å²) in [5.74, 6) is 0. The van der Waals surface area contributed by atoms with Crippen LogP contribution in [0.3, 0.4) is 0 Å². The Balaban J connectivity index is 3.20. The van der Waals surface area contributed by atoms with Gasteiger partial charge in [0.25, 0.3) is 0 Å². The van der Waals surface area contributed by atoms with Gasteiger partial charge in [-0.2, -0.15) is 0 Å². The molecule has 4 nitrogen and oxygen atoms in total. The summed E-state index contributed by atoms with van der Waals surface area (Å²) in [6.45, 7) is 0. The Kier molecular flexibility index (Phi) is 3.41. The zero-order chi connectivity index (χ0) is 10.8. The van der Waals surface area contributed by atoms with E-state index in [1.165, 1.54) is 18.2 Å². The average Bonchev–Trinajstić information content (AvgIpc) is 2.15. The quantitative estimate of drug-likeness (QED) is 0.661. The predicted molar refractivity (Wildman–Crippen MR) is 55.5 cm³/mol. The van der Waals surface area contributed by atoms with E-state index in [0.717, 1.165) is 0 Å². The van der Waals surface area contributed by atoms with Crippen molar-refractivity contribution in [3.8, 4) is 0 Å². The first-order valence-corrected chi connectivity index (χ1v) is 6.13. The molecule has 0 aliphatic heterocycles. The molecule has 0 aliphatic rings. The molecule has 1 atom stereocenters. The minimum Gasteiger partial charge on any atom is -0.302 e. The number of rotatable bonds is 3. The number of primary sulfonamides is 1. The van der Waals surface area contributed by atoms with E-state index in [0.29, 0.717) is 11.8 Å². The Labute approximate surface area is 90.3 Å². The van der Waals surface area contributed by atoms with Gasteiger partial charge in [0, 0.05) is 0 Å². The summed E-state index contributed by atoms with van der Waals surface area (Å²) in [4.78, 5) is 9.93. The minimum absolute atomic E-state index is 0.00120. The number of hydrogen-bond donors (Lipinski definition) is 1. The third-order valence-electron chi connectivity index (χ3n) is 1.62. The molecule has 0 aromatic heterocycles. The molecule has 6 heteroatoms. The number of nitrogens with two attached hydrogens (primary N) is 1. The predicted octanol–water partition coefficient (Wildman–Crippen LogP) is 0.969. The van der Waals surface area contributed by atoms with Crippen molar-refractivity contribution < 1.29 is 13.2 Å². The van der Waals surface area contributed by atoms with Gasteiger partial charge in [0.2, 0.25) is 10.0 Å². The molecule has 0 heterocycles. The van der Waals surface area contributed by atoms with Gasteiger partial charge < -0.3 is 4.79 Å². The van der Waals surface area contributed by atoms with Gasteiger partial charge in [-0.15, -0.1) is 0 Å². The summed E-state index contributed by atoms with van der Waals surface area (Å²) >= 11 is 3.08. The van der Waals surface area contributed by atoms with E-state index in [4.69, 9.17) is 5.14 Å². The lowest BCUT2D eigenvalue weighted by molar-refractivity contribution is -0.107. The molecule has 0 bridgehead atoms. The Morgan fingerprint density at radius 3 is 2.57 bits per heavy atom. The maximum absolute atomic E-state index is 11.0. The number of sulfonamides is 1. The molecule has 14 heavy (non-hydrogen) atoms. The Bertz CT molecular complexity index is 444. The highest BCUT2D eigenvalue weighted by atomic mass is 79.9. The normalized spacial score (nSPS) is 13.6. The summed E-state index contributed by atoms with van der Waals surface area (Å²) < 4.78 is 21.9. The fourth-order valence-electron chi connectivity index (χ4n) is 0.942. The summed E-state index contributed by atoms with van der Waals surface area (Å²) in [6.07, 6.45) is 0.669. The number of carbonyl (C=O) groups is 1. The lowest BCUT2D eigenvalue weighted by Gasteiger charge is -2.04. The SMILES string of the molecule is NS(=O)(=O)c1cccc(C(Br)C=O)c1. The zero-order valence-corrected chi connectivity index (χ0v) is 9.45. The summed E-state index contributed by atoms with van der Waals surface area (Å²) in [6, 6.07) is 5.92. The van der Waals surface area contributed by atoms with E-state index in [1.807, 2.05) is 0 Å². The highest BCUT2D eigenvalue weighted by Crippen LogP contribution is 2.22. The van der Waals surface area contributed by atoms with Gasteiger partial charge in [0.15, 0.2) is 0 Å². The second-order valence-electron chi connectivity index (χ2n) is 2.66. The molecule has 1 unspecified atom stereocenters. The average molecular weight is 278 g/mol. The van der Waals surface area contributed by atoms with Crippen molar-refractivity contribution in [2.75, 3.05) is 0 Å². The maximum Gasteiger partial charge on any atom is 0.238 e. The second kappa shape index (κ2) is 4.20. The van der Waals surface area contributed by atoms with Crippen LogP contribution >= 0.6 is 15.9 Å². The van der Waals surface area contributed by atoms with Gasteiger partial charge in [-0.05, 0) is 17.7 Å². The van der Waals surface area contributed by atoms with Crippen LogP contribution in [0.1, 0.15) is 10.4 Å². The van der Waals surface area contributed by atoms with Crippen LogP contribution in [0, 0.1) is 0 Å². The van der Waals surface area contributed by atoms with E-state index in [9.17, 15) is 13.2 Å². The summed E-state index contributed by atoms with van der Waals surface area (Å²) in [7, 11) is -3.70. The summed E-state index contributed by atoms with van der Waals surface area (Å²) in [5, 5.41) is 4.94. The van der Waals surface area contributed by atoms with Crippen molar-refractivity contribution in [3.63, 3.8) is 0 Å². The topological polar surface area (TPSA) is 77.2 Å². The van der Waals surface area contributed by atoms with E-state index in [1.54, 1.807) is 6.07 Å². The number of alkyl halides is 1. The molecule has 1 aromatic carbocycles. The first kappa shape index (κ1) is 11.4. The third kappa shape index (κ3) is 2.63. The smallest absolute Gasteiger partial charge is 0.238 e. The standard InChI is InChI=1S/C8H8BrNO3S/c9-8(5-11)6-2-1-3-7(4-6)14(10,12)13/h1-5,8H,(H2,10,12,13). The molecular weight excluding hydrogens is 270 g/mol. The van der Waals surface area contributed by atoms with Crippen LogP contribution in [0.2, 0.25) is 0 Å². The molecular formula is C8H8BrNO3S. The monoisotopic (exact) mass is 277 g/mol. The van der Waals surface area contributed by atoms with Crippen molar-refractivity contribution in [1.29, 1.82) is 0 Å². The molecule has 76 valence electrons. The molecule has 1 rings (SSSR count). The highest BCUT2D eigenvalue weighted by Gasteiger charge is 2.11. The Morgan fingerprint density at radius 2 is 2.07 bits per heavy atom. The number of aldehydes is 1. The van der Waals surface area contributed by atoms with Crippen molar-refractivity contribution >= 4 is 32.2 Å². The molecule has 0 fully saturated rings. The van der Waals surface area contributed by atoms with Crippen LogP contribution in [0.4, 0.5) is 0 Å². The molecule has 0 saturated carbocycles. The van der Waals surface area contributed by atoms with Gasteiger partial charge in [-0.1, -0.05) is 28.1 Å². The molecule has 0 saturated heterocycles. The fourth-order valence-corrected chi connectivity index (χ4v) is 1.80. The van der Waals surface area contributed by atoms with E-state index < -0.39 is 14.9 Å². The summed E-state index contributed by atoms with van der Waals surface area (Å²) in [5.41, 5.74) is 0.562. The van der Waals surface area contributed by atoms with Crippen LogP contribution in [0.15, 0.2) is 29.2 Å². The van der Waals surface area contributed by atoms with E-state index in [-0.39, 0.29) is 4.90 Å². The van der Waals surface area contributed by atoms with Gasteiger partial charge in [0.05, 0.1) is 9.72 Å². The number of carbonyl (C=O) groups excluding carboxylic acids is 1. The molecule has 0 amide bonds. The van der Waals surface area contributed by atoms with Crippen molar-refractivity contribution in [3.05, 3.63) is 29.8 Å². The van der Waals surface area contributed by atoms with Gasteiger partial charge >= 0.3 is 0 Å². The Morgan fingerprint density at radius 1 is 1.43 bits per heavy atom. The number of halogens is 1. The lowest BCUT2D eigenvalue weighted by Crippen LogP contribution is -2.12. The van der Waals surface area contributed by atoms with Crippen LogP contribution in [0.5, 0.6) is 0 Å². The molecule has 1 aromatic rings. The van der Waals surface area contributed by atoms with Crippen LogP contribution in [0.25, 0.3) is 0 Å². The van der Waals surface area contributed by atoms with E-state index >= 15 is 0 Å². The van der Waals surface area contributed by atoms with Crippen LogP contribution in [-0.2, 0) is 14.8 Å². The Hall–Kier alpha value is -0.720. The van der Waals surface area contributed by atoms with E-state index in [2.05, 4.69) is 15.9 Å². The van der Waals surface area contributed by atoms with Gasteiger partial charge in [-0.25, -0.2) is 13.6 Å². The second-order valence-corrected chi connectivity index (χ2v) is 5.20. The first-order chi connectivity index (χ1) is 6.45. The molecule has 0 spiro atoms. The number of hydrogen-bond acceptors (Lipinski definition) is 3. The van der Waals surface area contributed by atoms with Crippen LogP contribution in [-0.4, -0.2) is 14.7 Å². The highest BCUT2D eigenvalue weighted by molar-refractivity contribution is 9.09. The van der Waals surface area contributed by atoms with Gasteiger partial charge in [-0.3, -0.25) is 0 Å². The molecule has 0 aliphatic carbocycles. The van der Waals surface area contributed by atoms with Crippen molar-refractivity contribution in [1.82, 2.24) is 0 Å². The fraction of sp³-hybridized carbons (Fsp3) is 0.125. The molecule has 2 N–H and O–H groups in total. The minimum atomic E-state index is -3.70. The first-order valence-electron chi connectivity index (χ1n) is 3.67. The lowest BCUT2D eigenvalue weighted by atomic mass is 10.2. The maximum atomic E-state index is 11.0. The van der Waals surface area contributed by atoms with Crippen LogP contribution < -0.4 is 5.14 Å². The van der Waals surface area contributed by atoms with Gasteiger partial charge in [0.1, 0.15) is 6.29 Å².